The van der Waals surface area contributed by atoms with Gasteiger partial charge in [0.2, 0.25) is 15.9 Å². The third-order valence-corrected chi connectivity index (χ3v) is 5.73. The summed E-state index contributed by atoms with van der Waals surface area (Å²) < 4.78 is 26.4. The number of rotatable bonds is 6. The largest absolute Gasteiger partial charge is 0.314 e. The Hall–Kier alpha value is -1.48. The van der Waals surface area contributed by atoms with Crippen LogP contribution in [0.3, 0.4) is 0 Å². The molecule has 1 fully saturated rings. The highest BCUT2D eigenvalue weighted by Crippen LogP contribution is 2.24. The molecule has 134 valence electrons. The van der Waals surface area contributed by atoms with Gasteiger partial charge in [0.25, 0.3) is 0 Å². The van der Waals surface area contributed by atoms with Crippen LogP contribution in [0.2, 0.25) is 0 Å². The van der Waals surface area contributed by atoms with Gasteiger partial charge in [0, 0.05) is 38.9 Å². The number of hydrogen-bond acceptors (Lipinski definition) is 5. The van der Waals surface area contributed by atoms with Crippen molar-refractivity contribution in [2.24, 2.45) is 0 Å². The van der Waals surface area contributed by atoms with Gasteiger partial charge in [-0.15, -0.1) is 0 Å². The second kappa shape index (κ2) is 8.06. The van der Waals surface area contributed by atoms with Gasteiger partial charge in [-0.2, -0.15) is 0 Å². The fourth-order valence-corrected chi connectivity index (χ4v) is 3.49. The number of benzene rings is 1. The molecular weight excluding hydrogens is 328 g/mol. The molecule has 0 spiro atoms. The molecule has 1 aromatic carbocycles. The summed E-state index contributed by atoms with van der Waals surface area (Å²) in [4.78, 5) is 16.4. The first-order valence-electron chi connectivity index (χ1n) is 8.15. The standard InChI is InChI=1S/C16H26N4O3S/c1-4-13-5-6-14(24(22,23)17-2)11-15(13)19(3)16(21)12-20-9-7-18-8-10-20/h5-6,11,17-18H,4,7-10,12H2,1-3H3. The molecule has 1 aliphatic rings. The molecule has 1 saturated heterocycles. The predicted octanol–water partition coefficient (Wildman–Crippen LogP) is 0.0251. The van der Waals surface area contributed by atoms with Gasteiger partial charge in [-0.05, 0) is 31.2 Å². The molecule has 8 heteroatoms. The van der Waals surface area contributed by atoms with Gasteiger partial charge in [-0.1, -0.05) is 13.0 Å². The Bertz CT molecular complexity index is 685. The van der Waals surface area contributed by atoms with E-state index in [0.29, 0.717) is 12.2 Å². The van der Waals surface area contributed by atoms with Crippen LogP contribution in [0.25, 0.3) is 0 Å². The highest BCUT2D eigenvalue weighted by atomic mass is 32.2. The van der Waals surface area contributed by atoms with Crippen LogP contribution in [0.1, 0.15) is 12.5 Å². The molecule has 0 atom stereocenters. The maximum absolute atomic E-state index is 12.6. The van der Waals surface area contributed by atoms with Crippen molar-refractivity contribution in [3.63, 3.8) is 0 Å². The summed E-state index contributed by atoms with van der Waals surface area (Å²) in [7, 11) is -0.459. The number of aryl methyl sites for hydroxylation is 1. The summed E-state index contributed by atoms with van der Waals surface area (Å²) in [6, 6.07) is 4.91. The lowest BCUT2D eigenvalue weighted by atomic mass is 10.1. The predicted molar refractivity (Wildman–Crippen MR) is 94.8 cm³/mol. The van der Waals surface area contributed by atoms with Gasteiger partial charge in [0.15, 0.2) is 0 Å². The molecule has 0 aromatic heterocycles. The van der Waals surface area contributed by atoms with Crippen molar-refractivity contribution < 1.29 is 13.2 Å². The van der Waals surface area contributed by atoms with Crippen molar-refractivity contribution in [3.05, 3.63) is 23.8 Å². The van der Waals surface area contributed by atoms with Gasteiger partial charge in [0.1, 0.15) is 0 Å². The van der Waals surface area contributed by atoms with Crippen molar-refractivity contribution in [3.8, 4) is 0 Å². The van der Waals surface area contributed by atoms with Crippen molar-refractivity contribution in [2.45, 2.75) is 18.2 Å². The Balaban J connectivity index is 2.24. The lowest BCUT2D eigenvalue weighted by molar-refractivity contribution is -0.119. The molecule has 0 unspecified atom stereocenters. The Labute approximate surface area is 144 Å². The zero-order chi connectivity index (χ0) is 17.7. The van der Waals surface area contributed by atoms with E-state index in [1.54, 1.807) is 30.1 Å². The number of carbonyl (C=O) groups is 1. The molecule has 0 bridgehead atoms. The number of piperazine rings is 1. The topological polar surface area (TPSA) is 81.8 Å². The van der Waals surface area contributed by atoms with E-state index in [0.717, 1.165) is 38.2 Å². The lowest BCUT2D eigenvalue weighted by Gasteiger charge is -2.29. The average Bonchev–Trinajstić information content (AvgIpc) is 2.61. The second-order valence-electron chi connectivity index (χ2n) is 5.83. The SMILES string of the molecule is CCc1ccc(S(=O)(=O)NC)cc1N(C)C(=O)CN1CCNCC1. The number of hydrogen-bond donors (Lipinski definition) is 2. The van der Waals surface area contributed by atoms with Crippen LogP contribution in [-0.4, -0.2) is 66.0 Å². The molecule has 7 nitrogen and oxygen atoms in total. The van der Waals surface area contributed by atoms with Gasteiger partial charge in [-0.3, -0.25) is 9.69 Å². The molecule has 24 heavy (non-hydrogen) atoms. The van der Waals surface area contributed by atoms with E-state index in [4.69, 9.17) is 0 Å². The lowest BCUT2D eigenvalue weighted by Crippen LogP contribution is -2.48. The Morgan fingerprint density at radius 3 is 2.58 bits per heavy atom. The van der Waals surface area contributed by atoms with Crippen molar-refractivity contribution in [2.75, 3.05) is 51.7 Å². The van der Waals surface area contributed by atoms with Crippen LogP contribution >= 0.6 is 0 Å². The minimum Gasteiger partial charge on any atom is -0.314 e. The van der Waals surface area contributed by atoms with Crippen LogP contribution in [0.5, 0.6) is 0 Å². The van der Waals surface area contributed by atoms with E-state index >= 15 is 0 Å². The van der Waals surface area contributed by atoms with E-state index in [1.165, 1.54) is 7.05 Å². The number of anilines is 1. The average molecular weight is 354 g/mol. The minimum absolute atomic E-state index is 0.0365. The number of amides is 1. The third kappa shape index (κ3) is 4.32. The number of nitrogens with zero attached hydrogens (tertiary/aromatic N) is 2. The number of sulfonamides is 1. The van der Waals surface area contributed by atoms with E-state index in [9.17, 15) is 13.2 Å². The second-order valence-corrected chi connectivity index (χ2v) is 7.72. The highest BCUT2D eigenvalue weighted by molar-refractivity contribution is 7.89. The van der Waals surface area contributed by atoms with Gasteiger partial charge < -0.3 is 10.2 Å². The third-order valence-electron chi connectivity index (χ3n) is 4.32. The smallest absolute Gasteiger partial charge is 0.240 e. The molecule has 2 rings (SSSR count). The Kier molecular flexibility index (Phi) is 6.34. The van der Waals surface area contributed by atoms with E-state index < -0.39 is 10.0 Å². The number of nitrogens with one attached hydrogen (secondary N) is 2. The van der Waals surface area contributed by atoms with Crippen LogP contribution in [0, 0.1) is 0 Å². The molecule has 0 saturated carbocycles. The van der Waals surface area contributed by atoms with Crippen molar-refractivity contribution in [1.82, 2.24) is 14.9 Å². The monoisotopic (exact) mass is 354 g/mol. The van der Waals surface area contributed by atoms with Crippen LogP contribution < -0.4 is 14.9 Å². The summed E-state index contributed by atoms with van der Waals surface area (Å²) in [5.74, 6) is -0.0365. The van der Waals surface area contributed by atoms with E-state index in [2.05, 4.69) is 14.9 Å². The van der Waals surface area contributed by atoms with Gasteiger partial charge in [0.05, 0.1) is 11.4 Å². The van der Waals surface area contributed by atoms with Gasteiger partial charge >= 0.3 is 0 Å². The maximum Gasteiger partial charge on any atom is 0.240 e. The van der Waals surface area contributed by atoms with Crippen molar-refractivity contribution in [1.29, 1.82) is 0 Å². The van der Waals surface area contributed by atoms with Crippen LogP contribution in [0.4, 0.5) is 5.69 Å². The quantitative estimate of drug-likeness (QED) is 0.753. The van der Waals surface area contributed by atoms with E-state index in [-0.39, 0.29) is 10.8 Å². The van der Waals surface area contributed by atoms with Crippen LogP contribution in [0.15, 0.2) is 23.1 Å². The molecule has 1 amide bonds. The molecule has 2 N–H and O–H groups in total. The van der Waals surface area contributed by atoms with Crippen LogP contribution in [-0.2, 0) is 21.2 Å². The molecule has 1 heterocycles. The molecule has 0 aliphatic carbocycles. The zero-order valence-corrected chi connectivity index (χ0v) is 15.3. The molecular formula is C16H26N4O3S. The zero-order valence-electron chi connectivity index (χ0n) is 14.5. The van der Waals surface area contributed by atoms with Gasteiger partial charge in [-0.25, -0.2) is 13.1 Å². The maximum atomic E-state index is 12.6. The molecule has 1 aromatic rings. The highest BCUT2D eigenvalue weighted by Gasteiger charge is 2.21. The Morgan fingerprint density at radius 2 is 2.00 bits per heavy atom. The molecule has 0 radical (unpaired) electrons. The number of likely N-dealkylation sites (N-methyl/N-ethyl adjacent to an activating group) is 1. The summed E-state index contributed by atoms with van der Waals surface area (Å²) in [5.41, 5.74) is 1.59. The molecule has 1 aliphatic heterocycles. The normalized spacial score (nSPS) is 16.1. The summed E-state index contributed by atoms with van der Waals surface area (Å²) >= 11 is 0. The fraction of sp³-hybridized carbons (Fsp3) is 0.562. The fourth-order valence-electron chi connectivity index (χ4n) is 2.74. The summed E-state index contributed by atoms with van der Waals surface area (Å²) in [6.07, 6.45) is 0.723. The first kappa shape index (κ1) is 18.9. The summed E-state index contributed by atoms with van der Waals surface area (Å²) in [6.45, 7) is 5.77. The number of carbonyl (C=O) groups excluding carboxylic acids is 1. The summed E-state index contributed by atoms with van der Waals surface area (Å²) in [5, 5.41) is 3.26. The minimum atomic E-state index is -3.54. The van der Waals surface area contributed by atoms with Crippen molar-refractivity contribution >= 4 is 21.6 Å². The first-order valence-corrected chi connectivity index (χ1v) is 9.63. The van der Waals surface area contributed by atoms with E-state index in [1.807, 2.05) is 6.92 Å². The first-order chi connectivity index (χ1) is 11.4. The Morgan fingerprint density at radius 1 is 1.33 bits per heavy atom.